The molecule has 5 nitrogen and oxygen atoms in total. The maximum absolute atomic E-state index is 13.3. The smallest absolute Gasteiger partial charge is 0.266 e. The Hall–Kier alpha value is -2.02. The minimum Gasteiger partial charge on any atom is -0.342 e. The van der Waals surface area contributed by atoms with E-state index in [1.54, 1.807) is 42.5 Å². The second-order valence-corrected chi connectivity index (χ2v) is 9.50. The number of carbonyl (C=O) groups excluding carboxylic acids is 1. The zero-order valence-electron chi connectivity index (χ0n) is 16.5. The Labute approximate surface area is 189 Å². The molecular formula is C22H21Cl2N3O2S. The van der Waals surface area contributed by atoms with Crippen LogP contribution in [0.4, 0.5) is 0 Å². The molecular weight excluding hydrogens is 441 g/mol. The first-order chi connectivity index (χ1) is 14.4. The number of hydrogen-bond donors (Lipinski definition) is 0. The quantitative estimate of drug-likeness (QED) is 0.396. The van der Waals surface area contributed by atoms with Crippen LogP contribution < -0.4 is 5.56 Å². The van der Waals surface area contributed by atoms with Gasteiger partial charge in [-0.15, -0.1) is 0 Å². The van der Waals surface area contributed by atoms with Gasteiger partial charge in [-0.1, -0.05) is 35.0 Å². The van der Waals surface area contributed by atoms with Gasteiger partial charge in [0.15, 0.2) is 5.16 Å². The van der Waals surface area contributed by atoms with E-state index in [2.05, 4.69) is 0 Å². The predicted molar refractivity (Wildman–Crippen MR) is 123 cm³/mol. The Kier molecular flexibility index (Phi) is 6.37. The summed E-state index contributed by atoms with van der Waals surface area (Å²) in [4.78, 5) is 32.9. The molecule has 3 aromatic rings. The third kappa shape index (κ3) is 4.36. The third-order valence-electron chi connectivity index (χ3n) is 5.18. The number of piperidine rings is 1. The van der Waals surface area contributed by atoms with Gasteiger partial charge in [0.25, 0.3) is 5.56 Å². The molecule has 0 spiro atoms. The molecule has 0 aliphatic carbocycles. The Morgan fingerprint density at radius 3 is 2.40 bits per heavy atom. The molecule has 0 bridgehead atoms. The molecule has 1 aliphatic heterocycles. The van der Waals surface area contributed by atoms with Gasteiger partial charge in [-0.05, 0) is 68.7 Å². The summed E-state index contributed by atoms with van der Waals surface area (Å²) in [5.41, 5.74) is 0.950. The first-order valence-corrected chi connectivity index (χ1v) is 11.5. The van der Waals surface area contributed by atoms with Crippen LogP contribution in [0.5, 0.6) is 0 Å². The first-order valence-electron chi connectivity index (χ1n) is 9.88. The number of carbonyl (C=O) groups is 1. The van der Waals surface area contributed by atoms with Crippen LogP contribution in [0.1, 0.15) is 26.2 Å². The fourth-order valence-corrected chi connectivity index (χ4v) is 4.92. The summed E-state index contributed by atoms with van der Waals surface area (Å²) in [5.74, 6) is 0.0720. The van der Waals surface area contributed by atoms with Crippen molar-refractivity contribution in [1.29, 1.82) is 0 Å². The molecule has 2 aromatic carbocycles. The monoisotopic (exact) mass is 461 g/mol. The number of amides is 1. The maximum atomic E-state index is 13.3. The SMILES string of the molecule is CC(Sc1nc2cc(Cl)ccc2c(=O)n1-c1ccc(Cl)cc1)C(=O)N1CCCCC1. The maximum Gasteiger partial charge on any atom is 0.266 e. The van der Waals surface area contributed by atoms with E-state index < -0.39 is 0 Å². The Balaban J connectivity index is 1.78. The number of nitrogens with zero attached hydrogens (tertiary/aromatic N) is 3. The number of likely N-dealkylation sites (tertiary alicyclic amines) is 1. The lowest BCUT2D eigenvalue weighted by molar-refractivity contribution is -0.131. The van der Waals surface area contributed by atoms with Gasteiger partial charge in [-0.25, -0.2) is 4.98 Å². The van der Waals surface area contributed by atoms with Gasteiger partial charge in [0.1, 0.15) is 0 Å². The summed E-state index contributed by atoms with van der Waals surface area (Å²) in [6.45, 7) is 3.44. The van der Waals surface area contributed by atoms with Crippen molar-refractivity contribution < 1.29 is 4.79 Å². The van der Waals surface area contributed by atoms with Crippen molar-refractivity contribution in [1.82, 2.24) is 14.5 Å². The fourth-order valence-electron chi connectivity index (χ4n) is 3.62. The minimum atomic E-state index is -0.370. The van der Waals surface area contributed by atoms with E-state index in [1.807, 2.05) is 11.8 Å². The van der Waals surface area contributed by atoms with E-state index in [0.717, 1.165) is 32.4 Å². The molecule has 4 rings (SSSR count). The van der Waals surface area contributed by atoms with Crippen molar-refractivity contribution in [3.05, 3.63) is 62.9 Å². The highest BCUT2D eigenvalue weighted by Crippen LogP contribution is 2.28. The lowest BCUT2D eigenvalue weighted by Gasteiger charge is -2.29. The van der Waals surface area contributed by atoms with Gasteiger partial charge < -0.3 is 4.90 Å². The molecule has 0 radical (unpaired) electrons. The van der Waals surface area contributed by atoms with Gasteiger partial charge in [0.2, 0.25) is 5.91 Å². The molecule has 1 saturated heterocycles. The van der Waals surface area contributed by atoms with Gasteiger partial charge in [0.05, 0.1) is 21.8 Å². The van der Waals surface area contributed by atoms with Crippen molar-refractivity contribution in [2.75, 3.05) is 13.1 Å². The van der Waals surface area contributed by atoms with Crippen LogP contribution in [0.25, 0.3) is 16.6 Å². The predicted octanol–water partition coefficient (Wildman–Crippen LogP) is 5.19. The Morgan fingerprint density at radius 1 is 1.03 bits per heavy atom. The van der Waals surface area contributed by atoms with Gasteiger partial charge in [-0.3, -0.25) is 14.2 Å². The van der Waals surface area contributed by atoms with Crippen LogP contribution in [0.3, 0.4) is 0 Å². The van der Waals surface area contributed by atoms with Crippen molar-refractivity contribution in [2.45, 2.75) is 36.6 Å². The summed E-state index contributed by atoms with van der Waals surface area (Å²) in [5, 5.41) is 1.64. The largest absolute Gasteiger partial charge is 0.342 e. The number of rotatable bonds is 4. The topological polar surface area (TPSA) is 55.2 Å². The molecule has 156 valence electrons. The molecule has 0 N–H and O–H groups in total. The Morgan fingerprint density at radius 2 is 1.70 bits per heavy atom. The number of fused-ring (bicyclic) bond motifs is 1. The van der Waals surface area contributed by atoms with E-state index in [1.165, 1.54) is 16.3 Å². The van der Waals surface area contributed by atoms with Crippen LogP contribution in [0.15, 0.2) is 52.4 Å². The van der Waals surface area contributed by atoms with Gasteiger partial charge in [-0.2, -0.15) is 0 Å². The highest BCUT2D eigenvalue weighted by molar-refractivity contribution is 8.00. The zero-order chi connectivity index (χ0) is 21.3. The van der Waals surface area contributed by atoms with Gasteiger partial charge >= 0.3 is 0 Å². The van der Waals surface area contributed by atoms with Gasteiger partial charge in [0, 0.05) is 23.1 Å². The number of halogens is 2. The fraction of sp³-hybridized carbons (Fsp3) is 0.318. The van der Waals surface area contributed by atoms with Crippen LogP contribution in [-0.4, -0.2) is 38.7 Å². The van der Waals surface area contributed by atoms with E-state index in [4.69, 9.17) is 28.2 Å². The second-order valence-electron chi connectivity index (χ2n) is 7.32. The zero-order valence-corrected chi connectivity index (χ0v) is 18.8. The van der Waals surface area contributed by atoms with E-state index in [0.29, 0.717) is 31.8 Å². The average molecular weight is 462 g/mol. The Bertz CT molecular complexity index is 1140. The number of benzene rings is 2. The van der Waals surface area contributed by atoms with E-state index >= 15 is 0 Å². The molecule has 0 saturated carbocycles. The summed E-state index contributed by atoms with van der Waals surface area (Å²) in [6, 6.07) is 12.0. The second kappa shape index (κ2) is 9.00. The summed E-state index contributed by atoms with van der Waals surface area (Å²) in [7, 11) is 0. The highest BCUT2D eigenvalue weighted by Gasteiger charge is 2.25. The molecule has 1 unspecified atom stereocenters. The molecule has 1 aromatic heterocycles. The summed E-state index contributed by atoms with van der Waals surface area (Å²) >= 11 is 13.4. The number of aromatic nitrogens is 2. The van der Waals surface area contributed by atoms with Crippen LogP contribution in [0, 0.1) is 0 Å². The summed E-state index contributed by atoms with van der Waals surface area (Å²) in [6.07, 6.45) is 3.23. The first kappa shape index (κ1) is 21.2. The minimum absolute atomic E-state index is 0.0720. The average Bonchev–Trinajstić information content (AvgIpc) is 2.75. The highest BCUT2D eigenvalue weighted by atomic mass is 35.5. The normalized spacial score (nSPS) is 15.4. The molecule has 1 atom stereocenters. The standard InChI is InChI=1S/C22H21Cl2N3O2S/c1-14(20(28)26-11-3-2-4-12-26)30-22-25-19-13-16(24)7-10-18(19)21(29)27(22)17-8-5-15(23)6-9-17/h5-10,13-14H,2-4,11-12H2,1H3. The van der Waals surface area contributed by atoms with Crippen LogP contribution in [0.2, 0.25) is 10.0 Å². The molecule has 30 heavy (non-hydrogen) atoms. The van der Waals surface area contributed by atoms with Crippen LogP contribution >= 0.6 is 35.0 Å². The van der Waals surface area contributed by atoms with Crippen molar-refractivity contribution in [2.24, 2.45) is 0 Å². The molecule has 2 heterocycles. The molecule has 1 aliphatic rings. The summed E-state index contributed by atoms with van der Waals surface area (Å²) < 4.78 is 1.54. The van der Waals surface area contributed by atoms with Crippen molar-refractivity contribution in [3.63, 3.8) is 0 Å². The molecule has 1 fully saturated rings. The number of thioether (sulfide) groups is 1. The number of hydrogen-bond acceptors (Lipinski definition) is 4. The lowest BCUT2D eigenvalue weighted by Crippen LogP contribution is -2.40. The third-order valence-corrected chi connectivity index (χ3v) is 6.71. The van der Waals surface area contributed by atoms with E-state index in [9.17, 15) is 9.59 Å². The molecule has 8 heteroatoms. The lowest BCUT2D eigenvalue weighted by atomic mass is 10.1. The van der Waals surface area contributed by atoms with E-state index in [-0.39, 0.29) is 16.7 Å². The molecule has 1 amide bonds. The van der Waals surface area contributed by atoms with Crippen LogP contribution in [-0.2, 0) is 4.79 Å². The van der Waals surface area contributed by atoms with Crippen molar-refractivity contribution >= 4 is 51.8 Å². The van der Waals surface area contributed by atoms with Crippen molar-refractivity contribution in [3.8, 4) is 5.69 Å².